The van der Waals surface area contributed by atoms with E-state index in [-0.39, 0.29) is 17.7 Å². The van der Waals surface area contributed by atoms with Crippen LogP contribution in [0.4, 0.5) is 0 Å². The molecule has 28 heavy (non-hydrogen) atoms. The van der Waals surface area contributed by atoms with Gasteiger partial charge in [-0.2, -0.15) is 4.98 Å². The molecule has 4 rings (SSSR count). The first-order valence-electron chi connectivity index (χ1n) is 9.02. The summed E-state index contributed by atoms with van der Waals surface area (Å²) < 4.78 is 13.5. The monoisotopic (exact) mass is 423 g/mol. The van der Waals surface area contributed by atoms with Gasteiger partial charge in [0.25, 0.3) is 0 Å². The highest BCUT2D eigenvalue weighted by Crippen LogP contribution is 2.29. The van der Waals surface area contributed by atoms with E-state index in [0.29, 0.717) is 25.2 Å². The number of halogens is 2. The van der Waals surface area contributed by atoms with E-state index in [9.17, 15) is 0 Å². The molecule has 1 aliphatic rings. The normalized spacial score (nSPS) is 16.3. The molecule has 7 nitrogen and oxygen atoms in total. The molecule has 1 fully saturated rings. The second-order valence-corrected chi connectivity index (χ2v) is 7.02. The number of hydrogen-bond donors (Lipinski definition) is 1. The van der Waals surface area contributed by atoms with Crippen LogP contribution in [0.1, 0.15) is 12.0 Å². The summed E-state index contributed by atoms with van der Waals surface area (Å²) in [5.74, 6) is 0.608. The molecule has 9 heteroatoms. The summed E-state index contributed by atoms with van der Waals surface area (Å²) in [5, 5.41) is 4.44. The number of aryl methyl sites for hydroxylation is 2. The van der Waals surface area contributed by atoms with Crippen molar-refractivity contribution in [3.63, 3.8) is 0 Å². The van der Waals surface area contributed by atoms with Crippen LogP contribution >= 0.6 is 24.0 Å². The maximum atomic E-state index is 6.11. The summed E-state index contributed by atoms with van der Waals surface area (Å²) >= 11 is 6.11. The fourth-order valence-electron chi connectivity index (χ4n) is 3.30. The maximum absolute atomic E-state index is 6.11. The molecule has 1 N–H and O–H groups in total. The van der Waals surface area contributed by atoms with Crippen LogP contribution in [-0.4, -0.2) is 51.9 Å². The average Bonchev–Trinajstić information content (AvgIpc) is 3.30. The second-order valence-electron chi connectivity index (χ2n) is 6.69. The van der Waals surface area contributed by atoms with Gasteiger partial charge in [-0.25, -0.2) is 9.97 Å². The van der Waals surface area contributed by atoms with E-state index in [0.717, 1.165) is 47.4 Å². The van der Waals surface area contributed by atoms with Crippen LogP contribution in [-0.2, 0) is 11.8 Å². The van der Waals surface area contributed by atoms with Gasteiger partial charge in [-0.05, 0) is 43.6 Å². The number of ether oxygens (including phenoxy) is 2. The molecule has 0 aliphatic carbocycles. The zero-order valence-electron chi connectivity index (χ0n) is 15.8. The first-order valence-corrected chi connectivity index (χ1v) is 9.40. The van der Waals surface area contributed by atoms with Crippen molar-refractivity contribution in [2.45, 2.75) is 19.4 Å². The summed E-state index contributed by atoms with van der Waals surface area (Å²) in [4.78, 5) is 13.2. The molecule has 0 unspecified atom stereocenters. The third-order valence-electron chi connectivity index (χ3n) is 4.69. The van der Waals surface area contributed by atoms with Gasteiger partial charge in [0, 0.05) is 42.5 Å². The smallest absolute Gasteiger partial charge is 0.224 e. The molecule has 1 atom stereocenters. The van der Waals surface area contributed by atoms with Crippen molar-refractivity contribution in [3.05, 3.63) is 35.4 Å². The lowest BCUT2D eigenvalue weighted by Gasteiger charge is -2.12. The predicted octanol–water partition coefficient (Wildman–Crippen LogP) is 3.17. The van der Waals surface area contributed by atoms with E-state index < -0.39 is 0 Å². The number of rotatable bonds is 6. The van der Waals surface area contributed by atoms with Crippen molar-refractivity contribution < 1.29 is 9.47 Å². The predicted molar refractivity (Wildman–Crippen MR) is 111 cm³/mol. The molecule has 3 aromatic heterocycles. The van der Waals surface area contributed by atoms with E-state index in [1.807, 2.05) is 36.9 Å². The lowest BCUT2D eigenvalue weighted by Crippen LogP contribution is -2.20. The van der Waals surface area contributed by atoms with E-state index in [1.54, 1.807) is 6.20 Å². The molecule has 1 saturated heterocycles. The molecule has 150 valence electrons. The van der Waals surface area contributed by atoms with Crippen molar-refractivity contribution in [3.8, 4) is 17.1 Å². The SMILES string of the molecule is Cc1cc(-c2nc(Cl)nc3c2ccn3C)cnc1OCCO[C@@H]1CCNC1.Cl. The number of pyridine rings is 1. The minimum Gasteiger partial charge on any atom is -0.475 e. The van der Waals surface area contributed by atoms with Crippen molar-refractivity contribution in [2.75, 3.05) is 26.3 Å². The average molecular weight is 424 g/mol. The third-order valence-corrected chi connectivity index (χ3v) is 4.86. The number of nitrogens with one attached hydrogen (secondary N) is 1. The molecule has 1 aliphatic heterocycles. The molecule has 0 saturated carbocycles. The van der Waals surface area contributed by atoms with Gasteiger partial charge in [-0.3, -0.25) is 0 Å². The van der Waals surface area contributed by atoms with Gasteiger partial charge in [0.05, 0.1) is 18.4 Å². The van der Waals surface area contributed by atoms with Gasteiger partial charge in [0.15, 0.2) is 0 Å². The van der Waals surface area contributed by atoms with Crippen LogP contribution in [0.15, 0.2) is 24.5 Å². The lowest BCUT2D eigenvalue weighted by molar-refractivity contribution is 0.0445. The first-order chi connectivity index (χ1) is 13.1. The summed E-state index contributed by atoms with van der Waals surface area (Å²) in [7, 11) is 1.93. The first kappa shape index (κ1) is 20.8. The van der Waals surface area contributed by atoms with E-state index in [2.05, 4.69) is 20.3 Å². The van der Waals surface area contributed by atoms with Crippen LogP contribution in [0, 0.1) is 6.92 Å². The number of aromatic nitrogens is 4. The zero-order chi connectivity index (χ0) is 18.8. The Balaban J connectivity index is 0.00000225. The Kier molecular flexibility index (Phi) is 6.72. The topological polar surface area (TPSA) is 74.1 Å². The largest absolute Gasteiger partial charge is 0.475 e. The Labute approximate surface area is 174 Å². The van der Waals surface area contributed by atoms with Crippen LogP contribution in [0.3, 0.4) is 0 Å². The number of nitrogens with zero attached hydrogens (tertiary/aromatic N) is 4. The van der Waals surface area contributed by atoms with Crippen molar-refractivity contribution in [2.24, 2.45) is 7.05 Å². The molecule has 0 aromatic carbocycles. The highest BCUT2D eigenvalue weighted by atomic mass is 35.5. The Bertz CT molecular complexity index is 957. The minimum absolute atomic E-state index is 0. The molecule has 0 bridgehead atoms. The fraction of sp³-hybridized carbons (Fsp3) is 0.421. The second kappa shape index (κ2) is 9.05. The minimum atomic E-state index is 0. The standard InChI is InChI=1S/C19H22ClN5O2.ClH/c1-12-9-13(16-15-4-6-25(2)17(15)24-19(20)23-16)10-22-18(12)27-8-7-26-14-3-5-21-11-14;/h4,6,9-10,14,21H,3,5,7-8,11H2,1-2H3;1H/t14-;/m1./s1. The third kappa shape index (κ3) is 4.38. The van der Waals surface area contributed by atoms with Crippen molar-refractivity contribution >= 4 is 35.0 Å². The van der Waals surface area contributed by atoms with Crippen LogP contribution in [0.2, 0.25) is 5.28 Å². The number of hydrogen-bond acceptors (Lipinski definition) is 6. The molecular formula is C19H23Cl2N5O2. The summed E-state index contributed by atoms with van der Waals surface area (Å²) in [5.41, 5.74) is 3.38. The Morgan fingerprint density at radius 3 is 2.93 bits per heavy atom. The molecule has 0 spiro atoms. The molecule has 4 heterocycles. The molecule has 0 amide bonds. The van der Waals surface area contributed by atoms with E-state index in [1.165, 1.54) is 0 Å². The highest BCUT2D eigenvalue weighted by molar-refractivity contribution is 6.28. The van der Waals surface area contributed by atoms with Gasteiger partial charge < -0.3 is 19.4 Å². The van der Waals surface area contributed by atoms with Gasteiger partial charge >= 0.3 is 0 Å². The Hall–Kier alpha value is -1.93. The van der Waals surface area contributed by atoms with Gasteiger partial charge in [0.2, 0.25) is 11.2 Å². The molecule has 0 radical (unpaired) electrons. The fourth-order valence-corrected chi connectivity index (χ4v) is 3.46. The van der Waals surface area contributed by atoms with Gasteiger partial charge in [-0.1, -0.05) is 0 Å². The van der Waals surface area contributed by atoms with E-state index in [4.69, 9.17) is 21.1 Å². The van der Waals surface area contributed by atoms with Crippen LogP contribution in [0.25, 0.3) is 22.3 Å². The summed E-state index contributed by atoms with van der Waals surface area (Å²) in [6.45, 7) is 4.95. The summed E-state index contributed by atoms with van der Waals surface area (Å²) in [6, 6.07) is 3.99. The maximum Gasteiger partial charge on any atom is 0.224 e. The van der Waals surface area contributed by atoms with E-state index >= 15 is 0 Å². The van der Waals surface area contributed by atoms with Crippen molar-refractivity contribution in [1.29, 1.82) is 0 Å². The Morgan fingerprint density at radius 1 is 1.32 bits per heavy atom. The zero-order valence-corrected chi connectivity index (χ0v) is 17.4. The highest BCUT2D eigenvalue weighted by Gasteiger charge is 2.15. The van der Waals surface area contributed by atoms with Gasteiger partial charge in [0.1, 0.15) is 12.3 Å². The number of fused-ring (bicyclic) bond motifs is 1. The van der Waals surface area contributed by atoms with Gasteiger partial charge in [-0.15, -0.1) is 12.4 Å². The van der Waals surface area contributed by atoms with Crippen molar-refractivity contribution in [1.82, 2.24) is 24.8 Å². The quantitative estimate of drug-likeness (QED) is 0.484. The summed E-state index contributed by atoms with van der Waals surface area (Å²) in [6.07, 6.45) is 5.05. The van der Waals surface area contributed by atoms with Crippen LogP contribution < -0.4 is 10.1 Å². The Morgan fingerprint density at radius 2 is 2.18 bits per heavy atom. The lowest BCUT2D eigenvalue weighted by atomic mass is 10.1. The van der Waals surface area contributed by atoms with Crippen LogP contribution in [0.5, 0.6) is 5.88 Å². The molecule has 3 aromatic rings. The molecular weight excluding hydrogens is 401 g/mol.